The van der Waals surface area contributed by atoms with Crippen LogP contribution in [-0.2, 0) is 13.0 Å². The number of Topliss-reactive ketones (excluding diaryl/α,β-unsaturated/α-hetero) is 1. The highest BCUT2D eigenvalue weighted by Crippen LogP contribution is 2.43. The average molecular weight is 516 g/mol. The number of para-hydroxylation sites is 1. The van der Waals surface area contributed by atoms with Crippen LogP contribution in [0, 0.1) is 0 Å². The van der Waals surface area contributed by atoms with E-state index in [-0.39, 0.29) is 5.78 Å². The van der Waals surface area contributed by atoms with Gasteiger partial charge in [0.2, 0.25) is 5.75 Å². The molecule has 3 heterocycles. The molecule has 0 radical (unpaired) electrons. The fourth-order valence-corrected chi connectivity index (χ4v) is 5.18. The van der Waals surface area contributed by atoms with Gasteiger partial charge >= 0.3 is 0 Å². The van der Waals surface area contributed by atoms with Crippen LogP contribution >= 0.6 is 0 Å². The van der Waals surface area contributed by atoms with Gasteiger partial charge in [-0.2, -0.15) is 0 Å². The third kappa shape index (κ3) is 4.38. The van der Waals surface area contributed by atoms with Gasteiger partial charge in [-0.1, -0.05) is 31.5 Å². The van der Waals surface area contributed by atoms with Crippen molar-refractivity contribution < 1.29 is 19.0 Å². The van der Waals surface area contributed by atoms with E-state index in [9.17, 15) is 4.79 Å². The molecule has 38 heavy (non-hydrogen) atoms. The molecule has 5 rings (SSSR count). The van der Waals surface area contributed by atoms with E-state index in [0.717, 1.165) is 65.4 Å². The smallest absolute Gasteiger partial charge is 0.205 e. The Morgan fingerprint density at radius 1 is 1.00 bits per heavy atom. The summed E-state index contributed by atoms with van der Waals surface area (Å²) < 4.78 is 18.7. The Hall–Kier alpha value is -4.27. The molecule has 9 heteroatoms. The van der Waals surface area contributed by atoms with Crippen molar-refractivity contribution >= 4 is 44.4 Å². The van der Waals surface area contributed by atoms with Gasteiger partial charge in [-0.05, 0) is 31.0 Å². The molecule has 0 amide bonds. The lowest BCUT2D eigenvalue weighted by Gasteiger charge is -2.12. The molecule has 5 aromatic rings. The number of aromatic nitrogens is 4. The number of nitrogens with zero attached hydrogens (tertiary/aromatic N) is 3. The largest absolute Gasteiger partial charge is 0.493 e. The summed E-state index contributed by atoms with van der Waals surface area (Å²) in [6.45, 7) is 2.91. The number of carbonyl (C=O) groups excluding carboxylic acids is 1. The summed E-state index contributed by atoms with van der Waals surface area (Å²) in [7, 11) is 4.71. The lowest BCUT2D eigenvalue weighted by Crippen LogP contribution is -2.05. The molecule has 0 saturated heterocycles. The standard InChI is InChI=1S/C29H33N5O4/c1-5-23-33-25-26(18-11-8-9-12-19(18)32-29(25)30)34(23)14-10-6-7-13-21(35)20-15-17-16-22(36-2)27(37-3)28(38-4)24(17)31-20/h8-9,11-12,15-16,31H,5-7,10,13-14H2,1-4H3,(H2,30,32). The number of fused-ring (bicyclic) bond motifs is 4. The minimum Gasteiger partial charge on any atom is -0.493 e. The van der Waals surface area contributed by atoms with E-state index < -0.39 is 0 Å². The quantitative estimate of drug-likeness (QED) is 0.172. The minimum absolute atomic E-state index is 0.0633. The zero-order valence-corrected chi connectivity index (χ0v) is 22.3. The van der Waals surface area contributed by atoms with Crippen LogP contribution in [0.1, 0.15) is 48.9 Å². The maximum Gasteiger partial charge on any atom is 0.205 e. The summed E-state index contributed by atoms with van der Waals surface area (Å²) >= 11 is 0. The topological polar surface area (TPSA) is 117 Å². The van der Waals surface area contributed by atoms with Crippen molar-refractivity contribution in [3.8, 4) is 17.2 Å². The van der Waals surface area contributed by atoms with Gasteiger partial charge in [-0.3, -0.25) is 4.79 Å². The van der Waals surface area contributed by atoms with Crippen molar-refractivity contribution in [3.63, 3.8) is 0 Å². The van der Waals surface area contributed by atoms with Crippen LogP contribution < -0.4 is 19.9 Å². The van der Waals surface area contributed by atoms with Gasteiger partial charge in [-0.25, -0.2) is 9.97 Å². The van der Waals surface area contributed by atoms with E-state index in [0.29, 0.717) is 40.7 Å². The second-order valence-electron chi connectivity index (χ2n) is 9.27. The molecule has 0 fully saturated rings. The Morgan fingerprint density at radius 3 is 2.53 bits per heavy atom. The van der Waals surface area contributed by atoms with E-state index in [1.165, 1.54) is 0 Å². The van der Waals surface area contributed by atoms with Gasteiger partial charge in [0.1, 0.15) is 11.3 Å². The van der Waals surface area contributed by atoms with Crippen LogP contribution in [-0.4, -0.2) is 46.6 Å². The lowest BCUT2D eigenvalue weighted by atomic mass is 10.1. The van der Waals surface area contributed by atoms with Crippen molar-refractivity contribution in [1.29, 1.82) is 0 Å². The van der Waals surface area contributed by atoms with Crippen molar-refractivity contribution in [1.82, 2.24) is 19.5 Å². The van der Waals surface area contributed by atoms with Gasteiger partial charge in [0.25, 0.3) is 0 Å². The molecule has 2 aromatic carbocycles. The van der Waals surface area contributed by atoms with Gasteiger partial charge in [0.15, 0.2) is 23.1 Å². The number of imidazole rings is 1. The highest BCUT2D eigenvalue weighted by molar-refractivity contribution is 6.06. The number of pyridine rings is 1. The lowest BCUT2D eigenvalue weighted by molar-refractivity contribution is 0.0975. The number of hydrogen-bond acceptors (Lipinski definition) is 7. The molecule has 9 nitrogen and oxygen atoms in total. The first-order valence-electron chi connectivity index (χ1n) is 12.9. The van der Waals surface area contributed by atoms with Crippen LogP contribution in [0.2, 0.25) is 0 Å². The third-order valence-electron chi connectivity index (χ3n) is 7.01. The first-order chi connectivity index (χ1) is 18.5. The van der Waals surface area contributed by atoms with Crippen LogP contribution in [0.15, 0.2) is 36.4 Å². The normalized spacial score (nSPS) is 11.5. The monoisotopic (exact) mass is 515 g/mol. The predicted octanol–water partition coefficient (Wildman–Crippen LogP) is 5.68. The zero-order chi connectivity index (χ0) is 26.8. The maximum absolute atomic E-state index is 13.0. The molecule has 0 aliphatic rings. The predicted molar refractivity (Wildman–Crippen MR) is 150 cm³/mol. The third-order valence-corrected chi connectivity index (χ3v) is 7.01. The van der Waals surface area contributed by atoms with E-state index in [1.54, 1.807) is 21.3 Å². The number of nitrogens with one attached hydrogen (secondary N) is 1. The number of carbonyl (C=O) groups is 1. The Kier molecular flexibility index (Phi) is 7.09. The number of methoxy groups -OCH3 is 3. The number of hydrogen-bond donors (Lipinski definition) is 2. The molecule has 0 bridgehead atoms. The molecule has 3 aromatic heterocycles. The Bertz CT molecular complexity index is 1640. The average Bonchev–Trinajstić information content (AvgIpc) is 3.53. The van der Waals surface area contributed by atoms with E-state index in [4.69, 9.17) is 24.9 Å². The summed E-state index contributed by atoms with van der Waals surface area (Å²) in [5, 5.41) is 1.89. The summed E-state index contributed by atoms with van der Waals surface area (Å²) in [6.07, 6.45) is 3.89. The fraction of sp³-hybridized carbons (Fsp3) is 0.345. The number of ketones is 1. The van der Waals surface area contributed by atoms with Crippen molar-refractivity contribution in [2.24, 2.45) is 0 Å². The van der Waals surface area contributed by atoms with Crippen molar-refractivity contribution in [2.45, 2.75) is 45.6 Å². The summed E-state index contributed by atoms with van der Waals surface area (Å²) in [5.74, 6) is 3.09. The number of aryl methyl sites for hydroxylation is 2. The van der Waals surface area contributed by atoms with Crippen LogP contribution in [0.4, 0.5) is 5.82 Å². The first-order valence-corrected chi connectivity index (χ1v) is 12.9. The number of anilines is 1. The number of unbranched alkanes of at least 4 members (excludes halogenated alkanes) is 2. The van der Waals surface area contributed by atoms with E-state index in [2.05, 4.69) is 27.5 Å². The number of nitrogens with two attached hydrogens (primary N) is 1. The Balaban J connectivity index is 1.28. The summed E-state index contributed by atoms with van der Waals surface area (Å²) in [4.78, 5) is 25.6. The molecular formula is C29H33N5O4. The molecule has 3 N–H and O–H groups in total. The highest BCUT2D eigenvalue weighted by atomic mass is 16.5. The van der Waals surface area contributed by atoms with Gasteiger partial charge in [-0.15, -0.1) is 0 Å². The highest BCUT2D eigenvalue weighted by Gasteiger charge is 2.20. The van der Waals surface area contributed by atoms with Crippen molar-refractivity contribution in [2.75, 3.05) is 27.1 Å². The Labute approximate surface area is 220 Å². The van der Waals surface area contributed by atoms with Gasteiger partial charge in [0, 0.05) is 30.2 Å². The number of rotatable bonds is 11. The molecule has 0 saturated carbocycles. The molecule has 0 spiro atoms. The molecule has 0 atom stereocenters. The van der Waals surface area contributed by atoms with E-state index >= 15 is 0 Å². The number of aromatic amines is 1. The number of nitrogen functional groups attached to an aromatic ring is 1. The second kappa shape index (κ2) is 10.6. The van der Waals surface area contributed by atoms with Crippen LogP contribution in [0.5, 0.6) is 17.2 Å². The second-order valence-corrected chi connectivity index (χ2v) is 9.27. The van der Waals surface area contributed by atoms with Crippen LogP contribution in [0.3, 0.4) is 0 Å². The SMILES string of the molecule is CCc1nc2c(N)nc3ccccc3c2n1CCCCCC(=O)c1cc2cc(OC)c(OC)c(OC)c2[nH]1. The molecule has 0 aliphatic heterocycles. The van der Waals surface area contributed by atoms with Crippen LogP contribution in [0.25, 0.3) is 32.8 Å². The zero-order valence-electron chi connectivity index (χ0n) is 22.3. The van der Waals surface area contributed by atoms with Crippen molar-refractivity contribution in [3.05, 3.63) is 47.9 Å². The number of ether oxygens (including phenoxy) is 3. The summed E-state index contributed by atoms with van der Waals surface area (Å²) in [6, 6.07) is 11.7. The number of benzene rings is 2. The van der Waals surface area contributed by atoms with Gasteiger partial charge < -0.3 is 29.5 Å². The molecule has 198 valence electrons. The van der Waals surface area contributed by atoms with Gasteiger partial charge in [0.05, 0.1) is 43.6 Å². The first kappa shape index (κ1) is 25.4. The molecule has 0 unspecified atom stereocenters. The minimum atomic E-state index is 0.0633. The fourth-order valence-electron chi connectivity index (χ4n) is 5.18. The van der Waals surface area contributed by atoms with E-state index in [1.807, 2.05) is 30.3 Å². The number of H-pyrrole nitrogens is 1. The maximum atomic E-state index is 13.0. The molecule has 0 aliphatic carbocycles. The Morgan fingerprint density at radius 2 is 1.79 bits per heavy atom. The summed E-state index contributed by atoms with van der Waals surface area (Å²) in [5.41, 5.74) is 10.2. The molecular weight excluding hydrogens is 482 g/mol.